The van der Waals surface area contributed by atoms with Crippen molar-refractivity contribution in [3.8, 4) is 0 Å². The van der Waals surface area contributed by atoms with Gasteiger partial charge in [0, 0.05) is 44.1 Å². The van der Waals surface area contributed by atoms with E-state index in [-0.39, 0.29) is 109 Å². The summed E-state index contributed by atoms with van der Waals surface area (Å²) in [4.78, 5) is 94.7. The molecule has 0 aromatic rings. The molecule has 1 amide bonds. The van der Waals surface area contributed by atoms with Crippen molar-refractivity contribution < 1.29 is 66.7 Å². The van der Waals surface area contributed by atoms with Gasteiger partial charge in [-0.05, 0) is 39.8 Å². The van der Waals surface area contributed by atoms with Crippen molar-refractivity contribution >= 4 is 41.9 Å². The van der Waals surface area contributed by atoms with Crippen LogP contribution in [0.3, 0.4) is 0 Å². The predicted octanol–water partition coefficient (Wildman–Crippen LogP) is 11.4. The highest BCUT2D eigenvalue weighted by atomic mass is 16.6. The van der Waals surface area contributed by atoms with Crippen LogP contribution in [0.1, 0.15) is 227 Å². The first-order valence-electron chi connectivity index (χ1n) is 28.4. The van der Waals surface area contributed by atoms with E-state index < -0.39 is 48.0 Å². The van der Waals surface area contributed by atoms with Crippen LogP contribution < -0.4 is 0 Å². The van der Waals surface area contributed by atoms with Crippen LogP contribution >= 0.6 is 0 Å². The van der Waals surface area contributed by atoms with Gasteiger partial charge in [0.15, 0.2) is 0 Å². The number of hydrogen-bond donors (Lipinski definition) is 0. The van der Waals surface area contributed by atoms with Crippen molar-refractivity contribution in [2.24, 2.45) is 11.8 Å². The summed E-state index contributed by atoms with van der Waals surface area (Å²) in [5, 5.41) is 0. The normalized spacial score (nSPS) is 14.8. The van der Waals surface area contributed by atoms with Gasteiger partial charge in [-0.3, -0.25) is 33.7 Å². The molecule has 1 fully saturated rings. The Bertz CT molecular complexity index is 1430. The first-order valence-corrected chi connectivity index (χ1v) is 28.4. The molecule has 1 aliphatic rings. The number of ether oxygens (including phenoxy) is 7. The van der Waals surface area contributed by atoms with Crippen molar-refractivity contribution in [3.63, 3.8) is 0 Å². The Kier molecular flexibility index (Phi) is 40.9. The lowest BCUT2D eigenvalue weighted by Crippen LogP contribution is -2.40. The van der Waals surface area contributed by atoms with Crippen LogP contribution in [-0.4, -0.2) is 131 Å². The predicted molar refractivity (Wildman–Crippen MR) is 278 cm³/mol. The number of rotatable bonds is 46. The highest BCUT2D eigenvalue weighted by Gasteiger charge is 2.39. The molecule has 1 rings (SSSR count). The molecule has 3 atom stereocenters. The number of likely N-dealkylation sites (tertiary alicyclic amines) is 1. The van der Waals surface area contributed by atoms with Crippen LogP contribution in [0.4, 0.5) is 4.79 Å². The maximum absolute atomic E-state index is 13.6. The van der Waals surface area contributed by atoms with E-state index in [4.69, 9.17) is 33.2 Å². The standard InChI is InChI=1S/C56H100N2O14/c1-7-11-15-19-23-27-31-50(59)68-42-46(37-53(62)66-35-30-26-22-18-14-10-4)38-55(64)72-49-40-48(58(41-49)56(65)67-36-34-57(5)6)45-71-54(63)39-47(43-69-51(60)32-28-24-20-16-12-8-2)44-70-52(61)33-29-25-21-17-13-9-3/h46-49H,7-45H2,1-6H3/t46?,48-,49+/m0/s1. The lowest BCUT2D eigenvalue weighted by molar-refractivity contribution is -0.155. The molecule has 72 heavy (non-hydrogen) atoms. The molecule has 0 aromatic carbocycles. The average molecular weight is 1030 g/mol. The molecule has 0 bridgehead atoms. The van der Waals surface area contributed by atoms with Gasteiger partial charge in [-0.25, -0.2) is 4.79 Å². The fourth-order valence-corrected chi connectivity index (χ4v) is 8.41. The van der Waals surface area contributed by atoms with E-state index in [1.165, 1.54) is 11.3 Å². The molecular weight excluding hydrogens is 925 g/mol. The Morgan fingerprint density at radius 1 is 0.444 bits per heavy atom. The van der Waals surface area contributed by atoms with E-state index in [1.54, 1.807) is 0 Å². The van der Waals surface area contributed by atoms with Crippen molar-refractivity contribution in [2.75, 3.05) is 66.8 Å². The van der Waals surface area contributed by atoms with Gasteiger partial charge >= 0.3 is 41.9 Å². The van der Waals surface area contributed by atoms with Crippen molar-refractivity contribution in [1.29, 1.82) is 0 Å². The summed E-state index contributed by atoms with van der Waals surface area (Å²) in [6.45, 7) is 8.78. The molecule has 0 saturated carbocycles. The Morgan fingerprint density at radius 2 is 0.847 bits per heavy atom. The van der Waals surface area contributed by atoms with E-state index in [9.17, 15) is 33.6 Å². The molecule has 418 valence electrons. The maximum Gasteiger partial charge on any atom is 0.410 e. The van der Waals surface area contributed by atoms with Gasteiger partial charge < -0.3 is 38.1 Å². The molecular formula is C56H100N2O14. The summed E-state index contributed by atoms with van der Waals surface area (Å²) in [5.41, 5.74) is 0. The van der Waals surface area contributed by atoms with E-state index in [1.807, 2.05) is 19.0 Å². The summed E-state index contributed by atoms with van der Waals surface area (Å²) in [6.07, 6.45) is 23.4. The fraction of sp³-hybridized carbons (Fsp3) is 0.875. The van der Waals surface area contributed by atoms with Crippen LogP contribution in [0.15, 0.2) is 0 Å². The van der Waals surface area contributed by atoms with E-state index >= 15 is 0 Å². The van der Waals surface area contributed by atoms with Crippen LogP contribution in [0.2, 0.25) is 0 Å². The second kappa shape index (κ2) is 44.5. The van der Waals surface area contributed by atoms with Gasteiger partial charge in [0.05, 0.1) is 58.3 Å². The number of amides is 1. The zero-order valence-corrected chi connectivity index (χ0v) is 46.0. The molecule has 0 N–H and O–H groups in total. The third kappa shape index (κ3) is 36.9. The second-order valence-corrected chi connectivity index (χ2v) is 20.2. The molecule has 0 radical (unpaired) electrons. The number of likely N-dealkylation sites (N-methyl/N-ethyl adjacent to an activating group) is 1. The van der Waals surface area contributed by atoms with Crippen LogP contribution in [-0.2, 0) is 61.9 Å². The average Bonchev–Trinajstić information content (AvgIpc) is 3.75. The molecule has 16 heteroatoms. The maximum atomic E-state index is 13.6. The minimum absolute atomic E-state index is 0.0291. The smallest absolute Gasteiger partial charge is 0.410 e. The lowest BCUT2D eigenvalue weighted by atomic mass is 10.0. The van der Waals surface area contributed by atoms with Crippen molar-refractivity contribution in [1.82, 2.24) is 9.80 Å². The monoisotopic (exact) mass is 1020 g/mol. The Labute approximate surface area is 434 Å². The SMILES string of the molecule is CCCCCCCCOC(=O)CC(COC(=O)CCCCCCCC)CC(=O)O[C@@H]1C[C@@H](COC(=O)CC(COC(=O)CCCCCCCC)COC(=O)CCCCCCCC)N(C(=O)OCCN(C)C)C1. The molecule has 1 aliphatic heterocycles. The summed E-state index contributed by atoms with van der Waals surface area (Å²) >= 11 is 0. The molecule has 16 nitrogen and oxygen atoms in total. The number of carbonyl (C=O) groups excluding carboxylic acids is 7. The zero-order valence-electron chi connectivity index (χ0n) is 46.0. The first-order chi connectivity index (χ1) is 34.8. The van der Waals surface area contributed by atoms with E-state index in [2.05, 4.69) is 27.7 Å². The van der Waals surface area contributed by atoms with Gasteiger partial charge in [0.1, 0.15) is 19.3 Å². The lowest BCUT2D eigenvalue weighted by Gasteiger charge is -2.24. The number of carbonyl (C=O) groups is 7. The Balaban J connectivity index is 3.02. The molecule has 0 aromatic heterocycles. The largest absolute Gasteiger partial charge is 0.466 e. The van der Waals surface area contributed by atoms with Crippen molar-refractivity contribution in [3.05, 3.63) is 0 Å². The number of hydrogen-bond acceptors (Lipinski definition) is 15. The molecule has 0 aliphatic carbocycles. The van der Waals surface area contributed by atoms with Gasteiger partial charge in [0.2, 0.25) is 0 Å². The Hall–Kier alpha value is -3.95. The quantitative estimate of drug-likeness (QED) is 0.0318. The Morgan fingerprint density at radius 3 is 1.32 bits per heavy atom. The van der Waals surface area contributed by atoms with E-state index in [0.29, 0.717) is 25.8 Å². The molecule has 0 spiro atoms. The second-order valence-electron chi connectivity index (χ2n) is 20.2. The van der Waals surface area contributed by atoms with Gasteiger partial charge in [-0.2, -0.15) is 0 Å². The van der Waals surface area contributed by atoms with Gasteiger partial charge in [0.25, 0.3) is 0 Å². The molecule has 1 saturated heterocycles. The highest BCUT2D eigenvalue weighted by molar-refractivity contribution is 5.75. The number of unbranched alkanes of at least 4 members (excludes halogenated alkanes) is 20. The number of esters is 6. The van der Waals surface area contributed by atoms with Gasteiger partial charge in [-0.1, -0.05) is 156 Å². The molecule has 1 heterocycles. The van der Waals surface area contributed by atoms with Gasteiger partial charge in [-0.15, -0.1) is 0 Å². The third-order valence-electron chi connectivity index (χ3n) is 12.9. The molecule has 1 unspecified atom stereocenters. The highest BCUT2D eigenvalue weighted by Crippen LogP contribution is 2.25. The topological polar surface area (TPSA) is 191 Å². The minimum atomic E-state index is -0.789. The summed E-state index contributed by atoms with van der Waals surface area (Å²) < 4.78 is 39.4. The summed E-state index contributed by atoms with van der Waals surface area (Å²) in [6, 6.07) is -0.710. The van der Waals surface area contributed by atoms with Crippen LogP contribution in [0.25, 0.3) is 0 Å². The fourth-order valence-electron chi connectivity index (χ4n) is 8.41. The van der Waals surface area contributed by atoms with Crippen LogP contribution in [0, 0.1) is 11.8 Å². The minimum Gasteiger partial charge on any atom is -0.466 e. The number of nitrogens with zero attached hydrogens (tertiary/aromatic N) is 2. The first kappa shape index (κ1) is 66.1. The van der Waals surface area contributed by atoms with E-state index in [0.717, 1.165) is 128 Å². The zero-order chi connectivity index (χ0) is 53.0. The summed E-state index contributed by atoms with van der Waals surface area (Å²) in [5.74, 6) is -4.25. The third-order valence-corrected chi connectivity index (χ3v) is 12.9. The van der Waals surface area contributed by atoms with Crippen LogP contribution in [0.5, 0.6) is 0 Å². The summed E-state index contributed by atoms with van der Waals surface area (Å²) in [7, 11) is 3.70. The van der Waals surface area contributed by atoms with Crippen molar-refractivity contribution in [2.45, 2.75) is 239 Å².